The number of hydrogen-bond donors (Lipinski definition) is 1. The molecule has 3 rings (SSSR count). The highest BCUT2D eigenvalue weighted by molar-refractivity contribution is 5.44. The lowest BCUT2D eigenvalue weighted by Crippen LogP contribution is -2.43. The number of fused-ring (bicyclic) bond motifs is 1. The molecule has 1 N–H and O–H groups in total. The third-order valence-electron chi connectivity index (χ3n) is 4.66. The Labute approximate surface area is 125 Å². The summed E-state index contributed by atoms with van der Waals surface area (Å²) in [5.41, 5.74) is 2.00. The maximum Gasteiger partial charge on any atom is 0.243 e. The van der Waals surface area contributed by atoms with Crippen molar-refractivity contribution in [3.8, 4) is 0 Å². The van der Waals surface area contributed by atoms with E-state index in [0.29, 0.717) is 6.04 Å². The molecule has 114 valence electrons. The van der Waals surface area contributed by atoms with Gasteiger partial charge in [0.15, 0.2) is 5.65 Å². The quantitative estimate of drug-likeness (QED) is 0.938. The molecule has 2 aromatic heterocycles. The smallest absolute Gasteiger partial charge is 0.243 e. The number of nitrogens with one attached hydrogen (secondary N) is 1. The summed E-state index contributed by atoms with van der Waals surface area (Å²) in [7, 11) is 0. The van der Waals surface area contributed by atoms with Crippen LogP contribution in [-0.2, 0) is 4.74 Å². The molecule has 1 saturated heterocycles. The highest BCUT2D eigenvalue weighted by atomic mass is 16.5. The molecule has 0 spiro atoms. The molecule has 3 heterocycles. The number of nitrogens with zero attached hydrogens (tertiary/aromatic N) is 3. The van der Waals surface area contributed by atoms with Crippen LogP contribution >= 0.6 is 0 Å². The van der Waals surface area contributed by atoms with E-state index in [1.165, 1.54) is 0 Å². The second kappa shape index (κ2) is 5.64. The zero-order valence-corrected chi connectivity index (χ0v) is 13.1. The Morgan fingerprint density at radius 1 is 1.38 bits per heavy atom. The predicted octanol–water partition coefficient (Wildman–Crippen LogP) is 3.19. The van der Waals surface area contributed by atoms with E-state index in [4.69, 9.17) is 4.74 Å². The third-order valence-corrected chi connectivity index (χ3v) is 4.66. The van der Waals surface area contributed by atoms with Crippen molar-refractivity contribution in [1.29, 1.82) is 0 Å². The molecular formula is C16H24N4O. The van der Waals surface area contributed by atoms with Gasteiger partial charge in [0, 0.05) is 18.3 Å². The molecule has 1 unspecified atom stereocenters. The average molecular weight is 288 g/mol. The van der Waals surface area contributed by atoms with Gasteiger partial charge in [-0.15, -0.1) is 5.10 Å². The zero-order valence-electron chi connectivity index (χ0n) is 13.1. The summed E-state index contributed by atoms with van der Waals surface area (Å²) >= 11 is 0. The molecule has 0 aromatic carbocycles. The molecule has 5 nitrogen and oxygen atoms in total. The summed E-state index contributed by atoms with van der Waals surface area (Å²) < 4.78 is 7.91. The van der Waals surface area contributed by atoms with Crippen LogP contribution in [0.4, 0.5) is 5.95 Å². The predicted molar refractivity (Wildman–Crippen MR) is 83.6 cm³/mol. The molecule has 21 heavy (non-hydrogen) atoms. The molecule has 1 aliphatic rings. The number of pyridine rings is 1. The molecule has 1 atom stereocenters. The maximum atomic E-state index is 6.02. The first-order chi connectivity index (χ1) is 10.2. The largest absolute Gasteiger partial charge is 0.375 e. The standard InChI is InChI=1S/C16H24N4O/c1-4-16(5-2)11-13(9-10-21-16)17-15-18-14-8-6-7-12(3)20(14)19-15/h6-8,13H,4-5,9-11H2,1-3H3,(H,17,19). The first-order valence-corrected chi connectivity index (χ1v) is 7.88. The molecule has 0 aliphatic carbocycles. The van der Waals surface area contributed by atoms with Gasteiger partial charge >= 0.3 is 0 Å². The van der Waals surface area contributed by atoms with Gasteiger partial charge in [-0.05, 0) is 44.7 Å². The Kier molecular flexibility index (Phi) is 3.85. The lowest BCUT2D eigenvalue weighted by atomic mass is 9.86. The zero-order chi connectivity index (χ0) is 14.9. The van der Waals surface area contributed by atoms with Gasteiger partial charge in [0.2, 0.25) is 5.95 Å². The normalized spacial score (nSPS) is 21.6. The average Bonchev–Trinajstić information content (AvgIpc) is 2.91. The SMILES string of the molecule is CCC1(CC)CC(Nc2nc3cccc(C)n3n2)CCO1. The van der Waals surface area contributed by atoms with E-state index in [0.717, 1.165) is 49.6 Å². The van der Waals surface area contributed by atoms with Crippen LogP contribution in [0.15, 0.2) is 18.2 Å². The van der Waals surface area contributed by atoms with Gasteiger partial charge in [-0.25, -0.2) is 4.52 Å². The number of aromatic nitrogens is 3. The fraction of sp³-hybridized carbons (Fsp3) is 0.625. The topological polar surface area (TPSA) is 51.5 Å². The van der Waals surface area contributed by atoms with Crippen LogP contribution in [0.2, 0.25) is 0 Å². The van der Waals surface area contributed by atoms with Gasteiger partial charge in [-0.3, -0.25) is 0 Å². The summed E-state index contributed by atoms with van der Waals surface area (Å²) in [4.78, 5) is 4.57. The van der Waals surface area contributed by atoms with Gasteiger partial charge in [-0.1, -0.05) is 19.9 Å². The molecule has 0 bridgehead atoms. The highest BCUT2D eigenvalue weighted by Crippen LogP contribution is 2.32. The van der Waals surface area contributed by atoms with Gasteiger partial charge in [-0.2, -0.15) is 4.98 Å². The van der Waals surface area contributed by atoms with E-state index in [2.05, 4.69) is 29.2 Å². The van der Waals surface area contributed by atoms with Crippen LogP contribution < -0.4 is 5.32 Å². The molecule has 2 aromatic rings. The van der Waals surface area contributed by atoms with Crippen LogP contribution in [0.3, 0.4) is 0 Å². The number of hydrogen-bond acceptors (Lipinski definition) is 4. The van der Waals surface area contributed by atoms with Crippen molar-refractivity contribution in [2.24, 2.45) is 0 Å². The first kappa shape index (κ1) is 14.3. The molecule has 0 amide bonds. The van der Waals surface area contributed by atoms with Crippen molar-refractivity contribution in [2.45, 2.75) is 58.1 Å². The van der Waals surface area contributed by atoms with E-state index in [1.807, 2.05) is 29.6 Å². The summed E-state index contributed by atoms with van der Waals surface area (Å²) in [6.07, 6.45) is 4.14. The van der Waals surface area contributed by atoms with Crippen LogP contribution in [0.5, 0.6) is 0 Å². The summed E-state index contributed by atoms with van der Waals surface area (Å²) in [6, 6.07) is 6.42. The highest BCUT2D eigenvalue weighted by Gasteiger charge is 2.34. The van der Waals surface area contributed by atoms with Crippen molar-refractivity contribution < 1.29 is 4.74 Å². The second-order valence-electron chi connectivity index (χ2n) is 5.95. The number of ether oxygens (including phenoxy) is 1. The van der Waals surface area contributed by atoms with E-state index < -0.39 is 0 Å². The maximum absolute atomic E-state index is 6.02. The van der Waals surface area contributed by atoms with Crippen LogP contribution in [-0.4, -0.2) is 32.8 Å². The van der Waals surface area contributed by atoms with Gasteiger partial charge in [0.05, 0.1) is 5.60 Å². The van der Waals surface area contributed by atoms with Crippen molar-refractivity contribution >= 4 is 11.6 Å². The fourth-order valence-corrected chi connectivity index (χ4v) is 3.17. The van der Waals surface area contributed by atoms with Gasteiger partial charge in [0.1, 0.15) is 0 Å². The van der Waals surface area contributed by atoms with Crippen molar-refractivity contribution in [3.63, 3.8) is 0 Å². The Morgan fingerprint density at radius 3 is 2.90 bits per heavy atom. The van der Waals surface area contributed by atoms with Crippen molar-refractivity contribution in [1.82, 2.24) is 14.6 Å². The summed E-state index contributed by atoms with van der Waals surface area (Å²) in [6.45, 7) is 7.27. The molecule has 5 heteroatoms. The minimum absolute atomic E-state index is 0.0188. The Hall–Kier alpha value is -1.62. The number of anilines is 1. The van der Waals surface area contributed by atoms with Gasteiger partial charge < -0.3 is 10.1 Å². The minimum atomic E-state index is 0.0188. The van der Waals surface area contributed by atoms with E-state index in [9.17, 15) is 0 Å². The Morgan fingerprint density at radius 2 is 2.19 bits per heavy atom. The second-order valence-corrected chi connectivity index (χ2v) is 5.95. The first-order valence-electron chi connectivity index (χ1n) is 7.88. The van der Waals surface area contributed by atoms with Crippen molar-refractivity contribution in [2.75, 3.05) is 11.9 Å². The van der Waals surface area contributed by atoms with Crippen LogP contribution in [0, 0.1) is 6.92 Å². The fourth-order valence-electron chi connectivity index (χ4n) is 3.17. The monoisotopic (exact) mass is 288 g/mol. The van der Waals surface area contributed by atoms with E-state index >= 15 is 0 Å². The minimum Gasteiger partial charge on any atom is -0.375 e. The van der Waals surface area contributed by atoms with Crippen LogP contribution in [0.25, 0.3) is 5.65 Å². The lowest BCUT2D eigenvalue weighted by Gasteiger charge is -2.40. The van der Waals surface area contributed by atoms with Crippen LogP contribution in [0.1, 0.15) is 45.2 Å². The van der Waals surface area contributed by atoms with E-state index in [-0.39, 0.29) is 5.60 Å². The lowest BCUT2D eigenvalue weighted by molar-refractivity contribution is -0.0865. The third kappa shape index (κ3) is 2.75. The number of rotatable bonds is 4. The Bertz CT molecular complexity index is 618. The summed E-state index contributed by atoms with van der Waals surface area (Å²) in [5, 5.41) is 8.06. The van der Waals surface area contributed by atoms with Crippen molar-refractivity contribution in [3.05, 3.63) is 23.9 Å². The Balaban J connectivity index is 1.77. The molecule has 1 aliphatic heterocycles. The van der Waals surface area contributed by atoms with Gasteiger partial charge in [0.25, 0.3) is 0 Å². The summed E-state index contributed by atoms with van der Waals surface area (Å²) in [5.74, 6) is 0.720. The molecule has 0 radical (unpaired) electrons. The van der Waals surface area contributed by atoms with E-state index in [1.54, 1.807) is 0 Å². The molecular weight excluding hydrogens is 264 g/mol. The molecule has 1 fully saturated rings. The number of aryl methyl sites for hydroxylation is 1. The molecule has 0 saturated carbocycles.